The lowest BCUT2D eigenvalue weighted by atomic mass is 10.0. The van der Waals surface area contributed by atoms with Crippen LogP contribution in [0, 0.1) is 0 Å². The van der Waals surface area contributed by atoms with E-state index < -0.39 is 0 Å². The number of nitrogens with zero attached hydrogens (tertiary/aromatic N) is 1. The Kier molecular flexibility index (Phi) is 5.90. The van der Waals surface area contributed by atoms with Crippen LogP contribution in [0.1, 0.15) is 47.5 Å². The summed E-state index contributed by atoms with van der Waals surface area (Å²) in [5.41, 5.74) is -0.0194. The number of hydrogen-bond donors (Lipinski definition) is 1. The first-order valence-corrected chi connectivity index (χ1v) is 7.05. The molecule has 3 nitrogen and oxygen atoms in total. The molecule has 0 aromatic carbocycles. The predicted molar refractivity (Wildman–Crippen MR) is 73.4 cm³/mol. The lowest BCUT2D eigenvalue weighted by Gasteiger charge is -2.38. The van der Waals surface area contributed by atoms with Crippen LogP contribution in [0.4, 0.5) is 0 Å². The van der Waals surface area contributed by atoms with Crippen molar-refractivity contribution in [2.45, 2.75) is 65.1 Å². The van der Waals surface area contributed by atoms with Gasteiger partial charge in [-0.1, -0.05) is 13.8 Å². The van der Waals surface area contributed by atoms with E-state index in [0.717, 1.165) is 19.7 Å². The molecule has 0 radical (unpaired) electrons. The second-order valence-corrected chi connectivity index (χ2v) is 6.09. The molecule has 1 fully saturated rings. The van der Waals surface area contributed by atoms with Gasteiger partial charge in [0, 0.05) is 31.8 Å². The van der Waals surface area contributed by atoms with Gasteiger partial charge < -0.3 is 10.1 Å². The molecule has 1 atom stereocenters. The molecule has 1 unspecified atom stereocenters. The van der Waals surface area contributed by atoms with Gasteiger partial charge in [0.1, 0.15) is 0 Å². The van der Waals surface area contributed by atoms with E-state index in [9.17, 15) is 0 Å². The van der Waals surface area contributed by atoms with Crippen LogP contribution < -0.4 is 5.32 Å². The molecule has 17 heavy (non-hydrogen) atoms. The third-order valence-corrected chi connectivity index (χ3v) is 3.21. The summed E-state index contributed by atoms with van der Waals surface area (Å²) in [6.07, 6.45) is 2.61. The number of piperidine rings is 1. The van der Waals surface area contributed by atoms with Crippen LogP contribution in [-0.2, 0) is 4.74 Å². The maximum Gasteiger partial charge on any atom is 0.0752 e. The zero-order valence-electron chi connectivity index (χ0n) is 12.3. The van der Waals surface area contributed by atoms with Crippen molar-refractivity contribution in [3.63, 3.8) is 0 Å². The first-order valence-electron chi connectivity index (χ1n) is 7.05. The maximum absolute atomic E-state index is 5.79. The largest absolute Gasteiger partial charge is 0.375 e. The molecule has 0 amide bonds. The zero-order chi connectivity index (χ0) is 12.9. The molecule has 1 saturated heterocycles. The van der Waals surface area contributed by atoms with E-state index in [1.54, 1.807) is 0 Å². The molecule has 0 aromatic heterocycles. The van der Waals surface area contributed by atoms with Crippen molar-refractivity contribution in [2.75, 3.05) is 26.2 Å². The van der Waals surface area contributed by atoms with Crippen LogP contribution in [0.3, 0.4) is 0 Å². The average molecular weight is 242 g/mol. The predicted octanol–water partition coefficient (Wildman–Crippen LogP) is 2.26. The fourth-order valence-electron chi connectivity index (χ4n) is 2.78. The van der Waals surface area contributed by atoms with Crippen LogP contribution >= 0.6 is 0 Å². The van der Waals surface area contributed by atoms with Crippen molar-refractivity contribution >= 4 is 0 Å². The van der Waals surface area contributed by atoms with Gasteiger partial charge >= 0.3 is 0 Å². The highest BCUT2D eigenvalue weighted by Gasteiger charge is 2.26. The number of ether oxygens (including phenoxy) is 1. The van der Waals surface area contributed by atoms with Gasteiger partial charge in [0.05, 0.1) is 5.60 Å². The summed E-state index contributed by atoms with van der Waals surface area (Å²) < 4.78 is 5.79. The molecule has 102 valence electrons. The Morgan fingerprint density at radius 2 is 2.12 bits per heavy atom. The van der Waals surface area contributed by atoms with Crippen LogP contribution in [0.25, 0.3) is 0 Å². The Morgan fingerprint density at radius 3 is 2.71 bits per heavy atom. The smallest absolute Gasteiger partial charge is 0.0752 e. The van der Waals surface area contributed by atoms with E-state index in [4.69, 9.17) is 4.74 Å². The van der Waals surface area contributed by atoms with Gasteiger partial charge in [0.15, 0.2) is 0 Å². The minimum absolute atomic E-state index is 0.0194. The van der Waals surface area contributed by atoms with Crippen LogP contribution in [0.2, 0.25) is 0 Å². The molecule has 1 aliphatic heterocycles. The van der Waals surface area contributed by atoms with Crippen molar-refractivity contribution in [2.24, 2.45) is 0 Å². The summed E-state index contributed by atoms with van der Waals surface area (Å²) in [5, 5.41) is 3.65. The molecule has 0 spiro atoms. The second kappa shape index (κ2) is 6.72. The Balaban J connectivity index is 2.38. The lowest BCUT2D eigenvalue weighted by molar-refractivity contribution is -0.0391. The number of hydrogen-bond acceptors (Lipinski definition) is 3. The molecule has 0 bridgehead atoms. The molecule has 3 heteroatoms. The third kappa shape index (κ3) is 5.84. The topological polar surface area (TPSA) is 24.5 Å². The quantitative estimate of drug-likeness (QED) is 0.773. The lowest BCUT2D eigenvalue weighted by Crippen LogP contribution is -2.51. The normalized spacial score (nSPS) is 23.3. The van der Waals surface area contributed by atoms with Crippen molar-refractivity contribution in [1.82, 2.24) is 10.2 Å². The molecular weight excluding hydrogens is 212 g/mol. The van der Waals surface area contributed by atoms with Gasteiger partial charge in [-0.15, -0.1) is 0 Å². The minimum Gasteiger partial charge on any atom is -0.375 e. The fraction of sp³-hybridized carbons (Fsp3) is 1.00. The van der Waals surface area contributed by atoms with Crippen molar-refractivity contribution in [3.05, 3.63) is 0 Å². The number of likely N-dealkylation sites (tertiary alicyclic amines) is 1. The molecule has 0 aromatic rings. The molecule has 0 saturated carbocycles. The average Bonchev–Trinajstić information content (AvgIpc) is 2.15. The summed E-state index contributed by atoms with van der Waals surface area (Å²) in [6, 6.07) is 1.24. The van der Waals surface area contributed by atoms with Gasteiger partial charge in [-0.3, -0.25) is 4.90 Å². The summed E-state index contributed by atoms with van der Waals surface area (Å²) in [4.78, 5) is 2.54. The van der Waals surface area contributed by atoms with E-state index in [1.165, 1.54) is 19.4 Å². The molecule has 1 N–H and O–H groups in total. The van der Waals surface area contributed by atoms with Crippen LogP contribution in [-0.4, -0.2) is 48.8 Å². The van der Waals surface area contributed by atoms with Crippen molar-refractivity contribution in [1.29, 1.82) is 0 Å². The summed E-state index contributed by atoms with van der Waals surface area (Å²) in [7, 11) is 0. The highest BCUT2D eigenvalue weighted by atomic mass is 16.5. The van der Waals surface area contributed by atoms with E-state index in [1.807, 2.05) is 0 Å². The van der Waals surface area contributed by atoms with Crippen molar-refractivity contribution < 1.29 is 4.74 Å². The molecule has 0 aliphatic carbocycles. The van der Waals surface area contributed by atoms with Gasteiger partial charge in [-0.05, 0) is 40.2 Å². The van der Waals surface area contributed by atoms with E-state index in [0.29, 0.717) is 12.1 Å². The minimum atomic E-state index is -0.0194. The fourth-order valence-corrected chi connectivity index (χ4v) is 2.78. The number of nitrogens with one attached hydrogen (secondary N) is 1. The second-order valence-electron chi connectivity index (χ2n) is 6.09. The Hall–Kier alpha value is -0.120. The Morgan fingerprint density at radius 1 is 1.41 bits per heavy atom. The van der Waals surface area contributed by atoms with Gasteiger partial charge in [0.25, 0.3) is 0 Å². The molecule has 1 aliphatic rings. The Labute approximate surface area is 107 Å². The van der Waals surface area contributed by atoms with E-state index in [-0.39, 0.29) is 5.60 Å². The first kappa shape index (κ1) is 14.9. The van der Waals surface area contributed by atoms with Gasteiger partial charge in [-0.25, -0.2) is 0 Å². The van der Waals surface area contributed by atoms with Crippen LogP contribution in [0.5, 0.6) is 0 Å². The highest BCUT2D eigenvalue weighted by Crippen LogP contribution is 2.16. The SMILES string of the molecule is CCOC(C)(C)CN1CCCC(NC(C)C)C1. The summed E-state index contributed by atoms with van der Waals surface area (Å²) >= 11 is 0. The standard InChI is InChI=1S/C14H30N2O/c1-6-17-14(4,5)11-16-9-7-8-13(10-16)15-12(2)3/h12-13,15H,6-11H2,1-5H3. The Bertz CT molecular complexity index is 216. The molecule has 1 rings (SSSR count). The highest BCUT2D eigenvalue weighted by molar-refractivity contribution is 4.83. The van der Waals surface area contributed by atoms with Gasteiger partial charge in [0.2, 0.25) is 0 Å². The first-order chi connectivity index (χ1) is 7.93. The van der Waals surface area contributed by atoms with Crippen molar-refractivity contribution in [3.8, 4) is 0 Å². The van der Waals surface area contributed by atoms with E-state index in [2.05, 4.69) is 44.8 Å². The maximum atomic E-state index is 5.79. The molecular formula is C14H30N2O. The van der Waals surface area contributed by atoms with Gasteiger partial charge in [-0.2, -0.15) is 0 Å². The monoisotopic (exact) mass is 242 g/mol. The summed E-state index contributed by atoms with van der Waals surface area (Å²) in [5.74, 6) is 0. The molecule has 1 heterocycles. The number of rotatable bonds is 6. The third-order valence-electron chi connectivity index (χ3n) is 3.21. The summed E-state index contributed by atoms with van der Waals surface area (Å²) in [6.45, 7) is 15.1. The zero-order valence-corrected chi connectivity index (χ0v) is 12.3. The van der Waals surface area contributed by atoms with Crippen LogP contribution in [0.15, 0.2) is 0 Å². The van der Waals surface area contributed by atoms with E-state index >= 15 is 0 Å².